The van der Waals surface area contributed by atoms with Crippen molar-refractivity contribution in [1.29, 1.82) is 0 Å². The maximum absolute atomic E-state index is 9.91. The predicted octanol–water partition coefficient (Wildman–Crippen LogP) is -2.59. The van der Waals surface area contributed by atoms with Crippen molar-refractivity contribution in [2.45, 2.75) is 30.5 Å². The first-order valence-corrected chi connectivity index (χ1v) is 5.67. The molecule has 0 aliphatic heterocycles. The van der Waals surface area contributed by atoms with E-state index in [0.29, 0.717) is 11.2 Å². The van der Waals surface area contributed by atoms with Crippen molar-refractivity contribution in [2.24, 2.45) is 0 Å². The Labute approximate surface area is 107 Å². The van der Waals surface area contributed by atoms with Gasteiger partial charge in [0.25, 0.3) is 0 Å². The Morgan fingerprint density at radius 1 is 0.947 bits per heavy atom. The van der Waals surface area contributed by atoms with E-state index in [1.54, 1.807) is 0 Å². The number of hydrogen-bond acceptors (Lipinski definition) is 8. The zero-order chi connectivity index (χ0) is 13.7. The number of anilines is 1. The molecule has 1 fully saturated rings. The van der Waals surface area contributed by atoms with Crippen LogP contribution in [-0.2, 0) is 0 Å². The Hall–Kier alpha value is -1.81. The van der Waals surface area contributed by atoms with E-state index in [1.807, 2.05) is 0 Å². The number of rotatable bonds is 1. The molecule has 19 heavy (non-hydrogen) atoms. The van der Waals surface area contributed by atoms with Crippen molar-refractivity contribution >= 4 is 17.0 Å². The molecule has 0 bridgehead atoms. The molecule has 0 radical (unpaired) electrons. The smallest absolute Gasteiger partial charge is 0.165 e. The second-order valence-corrected chi connectivity index (χ2v) is 4.54. The molecule has 0 saturated heterocycles. The van der Waals surface area contributed by atoms with Gasteiger partial charge in [-0.3, -0.25) is 0 Å². The monoisotopic (exact) mass is 267 g/mol. The van der Waals surface area contributed by atoms with Crippen LogP contribution >= 0.6 is 0 Å². The van der Waals surface area contributed by atoms with Gasteiger partial charge >= 0.3 is 0 Å². The third kappa shape index (κ3) is 1.60. The molecular weight excluding hydrogens is 254 g/mol. The highest BCUT2D eigenvalue weighted by Crippen LogP contribution is 2.33. The molecule has 9 heteroatoms. The quantitative estimate of drug-likeness (QED) is 0.377. The normalized spacial score (nSPS) is 35.1. The van der Waals surface area contributed by atoms with Crippen LogP contribution in [0.1, 0.15) is 6.04 Å². The van der Waals surface area contributed by atoms with Crippen LogP contribution in [0.15, 0.2) is 12.7 Å². The molecule has 0 spiro atoms. The fourth-order valence-electron chi connectivity index (χ4n) is 2.43. The molecule has 3 rings (SSSR count). The van der Waals surface area contributed by atoms with Crippen LogP contribution in [0.5, 0.6) is 0 Å². The molecule has 2 heterocycles. The zero-order valence-corrected chi connectivity index (χ0v) is 9.70. The number of nitrogens with two attached hydrogens (primary N) is 1. The largest absolute Gasteiger partial charge is 0.388 e. The van der Waals surface area contributed by atoms with Gasteiger partial charge in [0.2, 0.25) is 0 Å². The number of nitrogens with zero attached hydrogens (tertiary/aromatic N) is 4. The highest BCUT2D eigenvalue weighted by Gasteiger charge is 2.49. The highest BCUT2D eigenvalue weighted by molar-refractivity contribution is 5.81. The topological polar surface area (TPSA) is 151 Å². The van der Waals surface area contributed by atoms with Crippen LogP contribution in [0.2, 0.25) is 0 Å². The summed E-state index contributed by atoms with van der Waals surface area (Å²) >= 11 is 0. The van der Waals surface area contributed by atoms with Crippen LogP contribution in [0.3, 0.4) is 0 Å². The lowest BCUT2D eigenvalue weighted by atomic mass is 10.2. The summed E-state index contributed by atoms with van der Waals surface area (Å²) in [5, 5.41) is 39.0. The Morgan fingerprint density at radius 3 is 2.21 bits per heavy atom. The maximum Gasteiger partial charge on any atom is 0.165 e. The molecule has 6 N–H and O–H groups in total. The van der Waals surface area contributed by atoms with E-state index < -0.39 is 30.5 Å². The third-order valence-electron chi connectivity index (χ3n) is 3.46. The minimum Gasteiger partial charge on any atom is -0.388 e. The van der Waals surface area contributed by atoms with E-state index in [2.05, 4.69) is 15.0 Å². The number of nitrogen functional groups attached to an aromatic ring is 1. The number of hydrogen-bond donors (Lipinski definition) is 5. The number of imidazole rings is 1. The van der Waals surface area contributed by atoms with Crippen LogP contribution in [0, 0.1) is 0 Å². The van der Waals surface area contributed by atoms with Crippen molar-refractivity contribution < 1.29 is 20.4 Å². The fourth-order valence-corrected chi connectivity index (χ4v) is 2.43. The molecule has 2 aromatic heterocycles. The molecule has 1 saturated carbocycles. The summed E-state index contributed by atoms with van der Waals surface area (Å²) in [6.45, 7) is 0. The summed E-state index contributed by atoms with van der Waals surface area (Å²) in [6.07, 6.45) is -2.97. The van der Waals surface area contributed by atoms with Gasteiger partial charge in [0.1, 0.15) is 36.3 Å². The Bertz CT molecular complexity index is 603. The number of fused-ring (bicyclic) bond motifs is 1. The molecular formula is C10H13N5O4. The lowest BCUT2D eigenvalue weighted by Gasteiger charge is -2.20. The van der Waals surface area contributed by atoms with Gasteiger partial charge in [0.15, 0.2) is 11.5 Å². The van der Waals surface area contributed by atoms with Gasteiger partial charge in [0, 0.05) is 0 Å². The van der Waals surface area contributed by atoms with E-state index in [0.717, 1.165) is 0 Å². The predicted molar refractivity (Wildman–Crippen MR) is 62.8 cm³/mol. The van der Waals surface area contributed by atoms with Crippen molar-refractivity contribution in [2.75, 3.05) is 5.73 Å². The van der Waals surface area contributed by atoms with E-state index in [4.69, 9.17) is 5.73 Å². The Morgan fingerprint density at radius 2 is 1.58 bits per heavy atom. The molecule has 0 unspecified atom stereocenters. The summed E-state index contributed by atoms with van der Waals surface area (Å²) in [6, 6.07) is -0.954. The lowest BCUT2D eigenvalue weighted by molar-refractivity contribution is -0.0413. The summed E-state index contributed by atoms with van der Waals surface area (Å²) in [4.78, 5) is 11.8. The zero-order valence-electron chi connectivity index (χ0n) is 9.70. The molecule has 0 aromatic carbocycles. The number of aliphatic hydroxyl groups is 4. The minimum atomic E-state index is -1.43. The standard InChI is InChI=1S/C10H13N5O4/c11-9-3-10(13-1-12-9)15(2-14-3)4-5(16)7(18)8(19)6(4)17/h1-2,4-8,16-19H,(H2,11,12,13)/t5-,6-,7-,8-/m0/s1. The van der Waals surface area contributed by atoms with Crippen LogP contribution in [0.4, 0.5) is 5.82 Å². The van der Waals surface area contributed by atoms with Crippen LogP contribution < -0.4 is 5.73 Å². The maximum atomic E-state index is 9.91. The van der Waals surface area contributed by atoms with Gasteiger partial charge in [-0.15, -0.1) is 0 Å². The van der Waals surface area contributed by atoms with E-state index in [9.17, 15) is 20.4 Å². The first-order valence-electron chi connectivity index (χ1n) is 5.67. The van der Waals surface area contributed by atoms with Gasteiger partial charge in [-0.25, -0.2) is 15.0 Å². The first kappa shape index (κ1) is 12.2. The van der Waals surface area contributed by atoms with E-state index in [1.165, 1.54) is 17.2 Å². The van der Waals surface area contributed by atoms with Gasteiger partial charge in [-0.05, 0) is 0 Å². The molecule has 9 nitrogen and oxygen atoms in total. The van der Waals surface area contributed by atoms with Crippen LogP contribution in [0.25, 0.3) is 11.2 Å². The SMILES string of the molecule is Nc1ncnc2c1ncn2C1[C@H](O)[C@H](O)[C@@H](O)[C@H]1O. The van der Waals surface area contributed by atoms with Gasteiger partial charge in [0.05, 0.1) is 12.4 Å². The average Bonchev–Trinajstić information content (AvgIpc) is 2.89. The second kappa shape index (κ2) is 4.10. The van der Waals surface area contributed by atoms with Crippen molar-refractivity contribution in [3.63, 3.8) is 0 Å². The Balaban J connectivity index is 2.12. The summed E-state index contributed by atoms with van der Waals surface area (Å²) < 4.78 is 1.38. The third-order valence-corrected chi connectivity index (χ3v) is 3.46. The summed E-state index contributed by atoms with van der Waals surface area (Å²) in [7, 11) is 0. The lowest BCUT2D eigenvalue weighted by Crippen LogP contribution is -2.32. The first-order chi connectivity index (χ1) is 9.02. The summed E-state index contributed by atoms with van der Waals surface area (Å²) in [5.41, 5.74) is 6.29. The van der Waals surface area contributed by atoms with Gasteiger partial charge < -0.3 is 30.7 Å². The van der Waals surface area contributed by atoms with Crippen molar-refractivity contribution in [3.05, 3.63) is 12.7 Å². The molecule has 0 amide bonds. The second-order valence-electron chi connectivity index (χ2n) is 4.54. The average molecular weight is 267 g/mol. The van der Waals surface area contributed by atoms with Crippen LogP contribution in [-0.4, -0.2) is 64.4 Å². The molecule has 1 aliphatic carbocycles. The Kier molecular flexibility index (Phi) is 2.64. The fraction of sp³-hybridized carbons (Fsp3) is 0.500. The van der Waals surface area contributed by atoms with E-state index in [-0.39, 0.29) is 5.82 Å². The number of aromatic nitrogens is 4. The van der Waals surface area contributed by atoms with Gasteiger partial charge in [-0.2, -0.15) is 0 Å². The van der Waals surface area contributed by atoms with Gasteiger partial charge in [-0.1, -0.05) is 0 Å². The molecule has 4 atom stereocenters. The molecule has 1 aliphatic rings. The molecule has 102 valence electrons. The summed E-state index contributed by atoms with van der Waals surface area (Å²) in [5.74, 6) is 0.173. The van der Waals surface area contributed by atoms with E-state index >= 15 is 0 Å². The van der Waals surface area contributed by atoms with Crippen molar-refractivity contribution in [1.82, 2.24) is 19.5 Å². The molecule has 2 aromatic rings. The minimum absolute atomic E-state index is 0.173. The highest BCUT2D eigenvalue weighted by atomic mass is 16.4. The number of aliphatic hydroxyl groups excluding tert-OH is 4. The van der Waals surface area contributed by atoms with Crippen molar-refractivity contribution in [3.8, 4) is 0 Å².